The van der Waals surface area contributed by atoms with Crippen LogP contribution in [0.2, 0.25) is 0 Å². The fourth-order valence-corrected chi connectivity index (χ4v) is 3.10. The van der Waals surface area contributed by atoms with Crippen LogP contribution in [0.25, 0.3) is 0 Å². The van der Waals surface area contributed by atoms with Gasteiger partial charge in [-0.25, -0.2) is 8.42 Å². The van der Waals surface area contributed by atoms with Gasteiger partial charge in [-0.3, -0.25) is 9.40 Å². The summed E-state index contributed by atoms with van der Waals surface area (Å²) >= 11 is 3.32. The smallest absolute Gasteiger partial charge is 0.261 e. The molecule has 2 aromatic rings. The first-order valence-corrected chi connectivity index (χ1v) is 8.85. The summed E-state index contributed by atoms with van der Waals surface area (Å²) in [5.74, 6) is 0. The van der Waals surface area contributed by atoms with Crippen LogP contribution in [0.5, 0.6) is 0 Å². The highest BCUT2D eigenvalue weighted by Crippen LogP contribution is 2.17. The van der Waals surface area contributed by atoms with Crippen molar-refractivity contribution in [2.75, 3.05) is 18.4 Å². The summed E-state index contributed by atoms with van der Waals surface area (Å²) in [4.78, 5) is 0.219. The Labute approximate surface area is 132 Å². The molecule has 1 N–H and O–H groups in total. The van der Waals surface area contributed by atoms with Crippen molar-refractivity contribution in [3.05, 3.63) is 42.2 Å². The number of aromatic nitrogens is 2. The third-order valence-corrected chi connectivity index (χ3v) is 4.84. The molecule has 0 saturated heterocycles. The van der Waals surface area contributed by atoms with E-state index in [4.69, 9.17) is 4.74 Å². The average molecular weight is 374 g/mol. The number of ether oxygens (including phenoxy) is 1. The van der Waals surface area contributed by atoms with Gasteiger partial charge in [0.1, 0.15) is 0 Å². The van der Waals surface area contributed by atoms with Gasteiger partial charge < -0.3 is 4.74 Å². The van der Waals surface area contributed by atoms with Crippen molar-refractivity contribution in [3.8, 4) is 0 Å². The topological polar surface area (TPSA) is 73.2 Å². The van der Waals surface area contributed by atoms with Crippen molar-refractivity contribution >= 4 is 31.6 Å². The number of benzene rings is 1. The molecular formula is C13H16BrN3O3S. The first-order chi connectivity index (χ1) is 10.0. The van der Waals surface area contributed by atoms with E-state index >= 15 is 0 Å². The molecule has 1 aromatic heterocycles. The van der Waals surface area contributed by atoms with Gasteiger partial charge in [-0.15, -0.1) is 0 Å². The summed E-state index contributed by atoms with van der Waals surface area (Å²) in [6.45, 7) is 1.08. The predicted octanol–water partition coefficient (Wildman–Crippen LogP) is 2.23. The lowest BCUT2D eigenvalue weighted by Crippen LogP contribution is -2.12. The normalized spacial score (nSPS) is 11.5. The van der Waals surface area contributed by atoms with Crippen LogP contribution in [0.3, 0.4) is 0 Å². The van der Waals surface area contributed by atoms with Crippen LogP contribution in [0.15, 0.2) is 41.6 Å². The Bertz CT molecular complexity index is 683. The van der Waals surface area contributed by atoms with Crippen molar-refractivity contribution in [2.45, 2.75) is 16.8 Å². The molecule has 21 heavy (non-hydrogen) atoms. The van der Waals surface area contributed by atoms with Crippen LogP contribution >= 0.6 is 15.9 Å². The summed E-state index contributed by atoms with van der Waals surface area (Å²) < 4.78 is 33.5. The molecule has 1 aromatic carbocycles. The summed E-state index contributed by atoms with van der Waals surface area (Å²) in [7, 11) is -1.99. The molecule has 0 unspecified atom stereocenters. The van der Waals surface area contributed by atoms with Gasteiger partial charge in [0.25, 0.3) is 10.0 Å². The molecule has 0 spiro atoms. The maximum absolute atomic E-state index is 12.2. The molecule has 0 atom stereocenters. The highest BCUT2D eigenvalue weighted by molar-refractivity contribution is 9.08. The van der Waals surface area contributed by atoms with Gasteiger partial charge in [0.15, 0.2) is 0 Å². The molecule has 0 bridgehead atoms. The molecule has 1 heterocycles. The minimum atomic E-state index is -3.60. The van der Waals surface area contributed by atoms with Gasteiger partial charge in [0, 0.05) is 18.6 Å². The lowest BCUT2D eigenvalue weighted by molar-refractivity contribution is 0.183. The zero-order valence-corrected chi connectivity index (χ0v) is 13.9. The number of anilines is 1. The quantitative estimate of drug-likeness (QED) is 0.755. The van der Waals surface area contributed by atoms with Crippen LogP contribution in [0.1, 0.15) is 5.56 Å². The zero-order chi connectivity index (χ0) is 15.3. The Hall–Kier alpha value is -1.38. The minimum absolute atomic E-state index is 0.219. The molecule has 2 rings (SSSR count). The standard InChI is InChI=1S/C13H16BrN3O3S/c1-20-7-6-17-10-12(9-15-17)16-21(18,19)13-4-2-11(8-14)3-5-13/h2-5,9-10,16H,6-8H2,1H3. The van der Waals surface area contributed by atoms with E-state index < -0.39 is 10.0 Å². The largest absolute Gasteiger partial charge is 0.383 e. The Morgan fingerprint density at radius 3 is 2.67 bits per heavy atom. The van der Waals surface area contributed by atoms with E-state index in [9.17, 15) is 8.42 Å². The second-order valence-electron chi connectivity index (χ2n) is 4.37. The molecule has 0 aliphatic carbocycles. The van der Waals surface area contributed by atoms with E-state index in [2.05, 4.69) is 25.8 Å². The maximum atomic E-state index is 12.2. The Morgan fingerprint density at radius 1 is 1.33 bits per heavy atom. The van der Waals surface area contributed by atoms with E-state index in [-0.39, 0.29) is 4.90 Å². The lowest BCUT2D eigenvalue weighted by Gasteiger charge is -2.06. The molecule has 6 nitrogen and oxygen atoms in total. The van der Waals surface area contributed by atoms with Crippen molar-refractivity contribution in [3.63, 3.8) is 0 Å². The van der Waals surface area contributed by atoms with Crippen LogP contribution in [-0.4, -0.2) is 31.9 Å². The number of nitrogens with one attached hydrogen (secondary N) is 1. The van der Waals surface area contributed by atoms with Gasteiger partial charge in [0.2, 0.25) is 0 Å². The maximum Gasteiger partial charge on any atom is 0.261 e. The lowest BCUT2D eigenvalue weighted by atomic mass is 10.2. The van der Waals surface area contributed by atoms with Gasteiger partial charge in [-0.2, -0.15) is 5.10 Å². The molecule has 0 saturated carbocycles. The van der Waals surface area contributed by atoms with Gasteiger partial charge in [-0.05, 0) is 17.7 Å². The Morgan fingerprint density at radius 2 is 2.05 bits per heavy atom. The molecular weight excluding hydrogens is 358 g/mol. The van der Waals surface area contributed by atoms with Gasteiger partial charge in [0.05, 0.1) is 29.9 Å². The molecule has 0 fully saturated rings. The number of halogens is 1. The first-order valence-electron chi connectivity index (χ1n) is 6.24. The fourth-order valence-electron chi connectivity index (χ4n) is 1.70. The summed E-state index contributed by atoms with van der Waals surface area (Å²) in [5, 5.41) is 4.75. The monoisotopic (exact) mass is 373 g/mol. The van der Waals surface area contributed by atoms with Gasteiger partial charge >= 0.3 is 0 Å². The van der Waals surface area contributed by atoms with E-state index in [1.54, 1.807) is 42.3 Å². The molecule has 8 heteroatoms. The number of sulfonamides is 1. The van der Waals surface area contributed by atoms with Crippen molar-refractivity contribution in [1.82, 2.24) is 9.78 Å². The molecule has 0 aliphatic rings. The third kappa shape index (κ3) is 4.29. The number of hydrogen-bond donors (Lipinski definition) is 1. The van der Waals surface area contributed by atoms with Crippen molar-refractivity contribution in [2.24, 2.45) is 0 Å². The number of rotatable bonds is 7. The Kier molecular flexibility index (Phi) is 5.38. The van der Waals surface area contributed by atoms with E-state index in [1.165, 1.54) is 6.20 Å². The third-order valence-electron chi connectivity index (χ3n) is 2.80. The minimum Gasteiger partial charge on any atom is -0.383 e. The number of alkyl halides is 1. The highest BCUT2D eigenvalue weighted by Gasteiger charge is 2.14. The van der Waals surface area contributed by atoms with Crippen molar-refractivity contribution in [1.29, 1.82) is 0 Å². The summed E-state index contributed by atoms with van der Waals surface area (Å²) in [6, 6.07) is 6.69. The summed E-state index contributed by atoms with van der Waals surface area (Å²) in [6.07, 6.45) is 3.10. The molecule has 0 radical (unpaired) electrons. The summed E-state index contributed by atoms with van der Waals surface area (Å²) in [5.41, 5.74) is 1.44. The molecule has 0 aliphatic heterocycles. The highest BCUT2D eigenvalue weighted by atomic mass is 79.9. The SMILES string of the molecule is COCCn1cc(NS(=O)(=O)c2ccc(CBr)cc2)cn1. The van der Waals surface area contributed by atoms with E-state index in [0.717, 1.165) is 5.56 Å². The van der Waals surface area contributed by atoms with Crippen LogP contribution in [0.4, 0.5) is 5.69 Å². The van der Waals surface area contributed by atoms with E-state index in [0.29, 0.717) is 24.2 Å². The van der Waals surface area contributed by atoms with Gasteiger partial charge in [-0.1, -0.05) is 28.1 Å². The van der Waals surface area contributed by atoms with Crippen LogP contribution in [-0.2, 0) is 26.6 Å². The Balaban J connectivity index is 2.10. The molecule has 114 valence electrons. The second-order valence-corrected chi connectivity index (χ2v) is 6.61. The first kappa shape index (κ1) is 16.0. The zero-order valence-electron chi connectivity index (χ0n) is 11.5. The second kappa shape index (κ2) is 7.06. The number of methoxy groups -OCH3 is 1. The average Bonchev–Trinajstić information content (AvgIpc) is 2.92. The van der Waals surface area contributed by atoms with Crippen LogP contribution < -0.4 is 4.72 Å². The van der Waals surface area contributed by atoms with Crippen LogP contribution in [0, 0.1) is 0 Å². The molecule has 0 amide bonds. The fraction of sp³-hybridized carbons (Fsp3) is 0.308. The van der Waals surface area contributed by atoms with Crippen molar-refractivity contribution < 1.29 is 13.2 Å². The predicted molar refractivity (Wildman–Crippen MR) is 84.0 cm³/mol. The number of hydrogen-bond acceptors (Lipinski definition) is 4. The van der Waals surface area contributed by atoms with E-state index in [1.807, 2.05) is 0 Å². The number of nitrogens with zero attached hydrogens (tertiary/aromatic N) is 2.